The third kappa shape index (κ3) is 3.84. The maximum Gasteiger partial charge on any atom is 0.252 e. The van der Waals surface area contributed by atoms with Gasteiger partial charge in [0.15, 0.2) is 0 Å². The van der Waals surface area contributed by atoms with Gasteiger partial charge in [-0.05, 0) is 30.0 Å². The van der Waals surface area contributed by atoms with Crippen LogP contribution in [0.1, 0.15) is 29.6 Å². The number of nitrogens with one attached hydrogen (secondary N) is 1. The highest BCUT2D eigenvalue weighted by molar-refractivity contribution is 6.01. The van der Waals surface area contributed by atoms with E-state index in [2.05, 4.69) is 22.6 Å². The molecule has 1 aromatic heterocycles. The molecule has 2 heterocycles. The first-order chi connectivity index (χ1) is 12.6. The third-order valence-corrected chi connectivity index (χ3v) is 4.15. The molecule has 0 radical (unpaired) electrons. The number of fused-ring (bicyclic) bond motifs is 1. The number of amides is 2. The van der Waals surface area contributed by atoms with Gasteiger partial charge in [-0.2, -0.15) is 0 Å². The Morgan fingerprint density at radius 3 is 3.04 bits per heavy atom. The maximum atomic E-state index is 11.7. The second kappa shape index (κ2) is 7.72. The van der Waals surface area contributed by atoms with Crippen molar-refractivity contribution in [3.63, 3.8) is 0 Å². The molecule has 1 aliphatic rings. The summed E-state index contributed by atoms with van der Waals surface area (Å²) in [5.41, 5.74) is 8.16. The molecule has 0 aliphatic carbocycles. The molecule has 7 nitrogen and oxygen atoms in total. The van der Waals surface area contributed by atoms with Gasteiger partial charge in [-0.1, -0.05) is 12.3 Å². The monoisotopic (exact) mass is 353 g/mol. The van der Waals surface area contributed by atoms with Gasteiger partial charge in [0.05, 0.1) is 12.2 Å². The zero-order chi connectivity index (χ0) is 18.5. The molecule has 1 aliphatic heterocycles. The predicted molar refractivity (Wildman–Crippen MR) is 95.9 cm³/mol. The minimum absolute atomic E-state index is 0.0781. The smallest absolute Gasteiger partial charge is 0.252 e. The van der Waals surface area contributed by atoms with E-state index in [4.69, 9.17) is 15.2 Å². The zero-order valence-corrected chi connectivity index (χ0v) is 14.2. The van der Waals surface area contributed by atoms with Crippen LogP contribution in [-0.4, -0.2) is 29.4 Å². The van der Waals surface area contributed by atoms with Crippen LogP contribution in [-0.2, 0) is 4.79 Å². The van der Waals surface area contributed by atoms with Gasteiger partial charge in [0.1, 0.15) is 12.0 Å². The summed E-state index contributed by atoms with van der Waals surface area (Å²) in [5.74, 6) is 0.183. The lowest BCUT2D eigenvalue weighted by Crippen LogP contribution is -2.26. The standard InChI is InChI=1S/C19H19N3O4/c1-2-8-25-16-11-14-12(10-15(16)18(20)24)5-7-21-19(14)26-9-6-13-3-4-17(23)22-13/h5,7-8,10-11,13H,1,3-4,6,9H2,(H2,20,24)(H,22,23)/t13-/m0/s1. The average molecular weight is 353 g/mol. The number of benzene rings is 1. The Labute approximate surface area is 150 Å². The molecule has 7 heteroatoms. The lowest BCUT2D eigenvalue weighted by atomic mass is 10.1. The molecular formula is C19H19N3O4. The maximum absolute atomic E-state index is 11.7. The number of ether oxygens (including phenoxy) is 2. The van der Waals surface area contributed by atoms with Crippen molar-refractivity contribution in [1.29, 1.82) is 0 Å². The molecule has 0 unspecified atom stereocenters. The molecule has 2 amide bonds. The van der Waals surface area contributed by atoms with E-state index in [9.17, 15) is 9.59 Å². The normalized spacial score (nSPS) is 16.0. The van der Waals surface area contributed by atoms with Crippen molar-refractivity contribution in [2.75, 3.05) is 6.61 Å². The summed E-state index contributed by atoms with van der Waals surface area (Å²) in [6, 6.07) is 5.19. The van der Waals surface area contributed by atoms with Crippen LogP contribution in [0.3, 0.4) is 0 Å². The Morgan fingerprint density at radius 1 is 1.50 bits per heavy atom. The molecule has 1 fully saturated rings. The molecule has 3 N–H and O–H groups in total. The molecule has 1 aromatic carbocycles. The molecule has 26 heavy (non-hydrogen) atoms. The third-order valence-electron chi connectivity index (χ3n) is 4.15. The number of aromatic nitrogens is 1. The zero-order valence-electron chi connectivity index (χ0n) is 14.2. The second-order valence-corrected chi connectivity index (χ2v) is 5.93. The van der Waals surface area contributed by atoms with Gasteiger partial charge >= 0.3 is 0 Å². The van der Waals surface area contributed by atoms with Crippen molar-refractivity contribution in [2.45, 2.75) is 25.3 Å². The Kier molecular flexibility index (Phi) is 5.20. The Balaban J connectivity index is 1.84. The van der Waals surface area contributed by atoms with Crippen molar-refractivity contribution in [2.24, 2.45) is 5.73 Å². The minimum atomic E-state index is -0.601. The first-order valence-corrected chi connectivity index (χ1v) is 8.24. The fourth-order valence-electron chi connectivity index (χ4n) is 2.88. The molecule has 2 aromatic rings. The van der Waals surface area contributed by atoms with E-state index in [1.54, 1.807) is 24.4 Å². The number of hydrogen-bond donors (Lipinski definition) is 2. The highest BCUT2D eigenvalue weighted by Crippen LogP contribution is 2.31. The molecular weight excluding hydrogens is 334 g/mol. The summed E-state index contributed by atoms with van der Waals surface area (Å²) in [4.78, 5) is 27.2. The SMILES string of the molecule is C=C=COc1cc2c(OCC[C@@H]3CCC(=O)N3)nccc2cc1C(N)=O. The van der Waals surface area contributed by atoms with Crippen molar-refractivity contribution in [3.05, 3.63) is 48.5 Å². The summed E-state index contributed by atoms with van der Waals surface area (Å²) in [5, 5.41) is 4.35. The number of nitrogens with zero attached hydrogens (tertiary/aromatic N) is 1. The molecule has 0 saturated carbocycles. The summed E-state index contributed by atoms with van der Waals surface area (Å²) in [6.45, 7) is 3.84. The number of rotatable bonds is 7. The van der Waals surface area contributed by atoms with E-state index in [0.717, 1.165) is 11.8 Å². The van der Waals surface area contributed by atoms with Crippen LogP contribution in [0.25, 0.3) is 10.8 Å². The number of nitrogens with two attached hydrogens (primary N) is 1. The highest BCUT2D eigenvalue weighted by atomic mass is 16.5. The van der Waals surface area contributed by atoms with Gasteiger partial charge < -0.3 is 20.5 Å². The van der Waals surface area contributed by atoms with Gasteiger partial charge in [0.2, 0.25) is 11.8 Å². The topological polar surface area (TPSA) is 104 Å². The Morgan fingerprint density at radius 2 is 2.35 bits per heavy atom. The fraction of sp³-hybridized carbons (Fsp3) is 0.263. The summed E-state index contributed by atoms with van der Waals surface area (Å²) < 4.78 is 11.2. The molecule has 134 valence electrons. The van der Waals surface area contributed by atoms with Gasteiger partial charge in [0.25, 0.3) is 5.91 Å². The Hall–Kier alpha value is -3.31. The molecule has 0 spiro atoms. The van der Waals surface area contributed by atoms with Crippen molar-refractivity contribution in [3.8, 4) is 11.6 Å². The lowest BCUT2D eigenvalue weighted by Gasteiger charge is -2.13. The molecule has 1 atom stereocenters. The van der Waals surface area contributed by atoms with E-state index >= 15 is 0 Å². The van der Waals surface area contributed by atoms with Crippen molar-refractivity contribution < 1.29 is 19.1 Å². The van der Waals surface area contributed by atoms with Crippen molar-refractivity contribution >= 4 is 22.6 Å². The van der Waals surface area contributed by atoms with Crippen LogP contribution in [0.4, 0.5) is 0 Å². The second-order valence-electron chi connectivity index (χ2n) is 5.93. The predicted octanol–water partition coefficient (Wildman–Crippen LogP) is 2.06. The van der Waals surface area contributed by atoms with Crippen LogP contribution in [0.15, 0.2) is 43.0 Å². The molecule has 0 bridgehead atoms. The number of carbonyl (C=O) groups excluding carboxylic acids is 2. The van der Waals surface area contributed by atoms with Crippen LogP contribution in [0.2, 0.25) is 0 Å². The summed E-state index contributed by atoms with van der Waals surface area (Å²) in [6.07, 6.45) is 4.92. The van der Waals surface area contributed by atoms with Crippen LogP contribution in [0, 0.1) is 0 Å². The number of carbonyl (C=O) groups is 2. The average Bonchev–Trinajstić information content (AvgIpc) is 3.04. The van der Waals surface area contributed by atoms with Gasteiger partial charge in [-0.25, -0.2) is 4.98 Å². The van der Waals surface area contributed by atoms with Crippen molar-refractivity contribution in [1.82, 2.24) is 10.3 Å². The van der Waals surface area contributed by atoms with E-state index in [-0.39, 0.29) is 23.3 Å². The van der Waals surface area contributed by atoms with E-state index in [1.165, 1.54) is 6.26 Å². The highest BCUT2D eigenvalue weighted by Gasteiger charge is 2.20. The van der Waals surface area contributed by atoms with Crippen LogP contribution >= 0.6 is 0 Å². The first kappa shape index (κ1) is 17.5. The number of primary amides is 1. The fourth-order valence-corrected chi connectivity index (χ4v) is 2.88. The summed E-state index contributed by atoms with van der Waals surface area (Å²) >= 11 is 0. The molecule has 3 rings (SSSR count). The Bertz CT molecular complexity index is 903. The quantitative estimate of drug-likeness (QED) is 0.586. The molecule has 1 saturated heterocycles. The first-order valence-electron chi connectivity index (χ1n) is 8.24. The minimum Gasteiger partial charge on any atom is -0.477 e. The van der Waals surface area contributed by atoms with E-state index in [1.807, 2.05) is 0 Å². The van der Waals surface area contributed by atoms with Crippen LogP contribution in [0.5, 0.6) is 11.6 Å². The largest absolute Gasteiger partial charge is 0.477 e. The van der Waals surface area contributed by atoms with Gasteiger partial charge in [-0.3, -0.25) is 9.59 Å². The lowest BCUT2D eigenvalue weighted by molar-refractivity contribution is -0.119. The van der Waals surface area contributed by atoms with Gasteiger partial charge in [-0.15, -0.1) is 0 Å². The van der Waals surface area contributed by atoms with Crippen LogP contribution < -0.4 is 20.5 Å². The number of pyridine rings is 1. The van der Waals surface area contributed by atoms with E-state index in [0.29, 0.717) is 30.7 Å². The number of hydrogen-bond acceptors (Lipinski definition) is 5. The van der Waals surface area contributed by atoms with Gasteiger partial charge in [0, 0.05) is 30.5 Å². The van der Waals surface area contributed by atoms with E-state index < -0.39 is 5.91 Å². The summed E-state index contributed by atoms with van der Waals surface area (Å²) in [7, 11) is 0.